The maximum absolute atomic E-state index is 13.0. The Hall–Kier alpha value is -2.05. The molecule has 0 aromatic heterocycles. The molecule has 128 valence electrons. The first-order valence-electron chi connectivity index (χ1n) is 8.08. The Morgan fingerprint density at radius 3 is 2.25 bits per heavy atom. The fraction of sp³-hybridized carbons (Fsp3) is 0.333. The van der Waals surface area contributed by atoms with Gasteiger partial charge in [-0.2, -0.15) is 0 Å². The van der Waals surface area contributed by atoms with Crippen LogP contribution >= 0.6 is 0 Å². The zero-order valence-corrected chi connectivity index (χ0v) is 14.9. The number of sulfone groups is 1. The summed E-state index contributed by atoms with van der Waals surface area (Å²) >= 11 is 0. The fourth-order valence-corrected chi connectivity index (χ4v) is 4.43. The van der Waals surface area contributed by atoms with Crippen LogP contribution < -0.4 is 10.2 Å². The van der Waals surface area contributed by atoms with Gasteiger partial charge in [-0.25, -0.2) is 8.42 Å². The minimum Gasteiger partial charge on any atom is -0.387 e. The predicted molar refractivity (Wildman–Crippen MR) is 97.6 cm³/mol. The first-order chi connectivity index (χ1) is 11.5. The molecule has 1 aliphatic heterocycles. The van der Waals surface area contributed by atoms with Crippen molar-refractivity contribution in [1.29, 1.82) is 0 Å². The van der Waals surface area contributed by atoms with Crippen molar-refractivity contribution in [3.8, 4) is 0 Å². The van der Waals surface area contributed by atoms with Crippen LogP contribution in [0, 0.1) is 0 Å². The molecule has 1 N–H and O–H groups in total. The topological polar surface area (TPSA) is 52.6 Å². The van der Waals surface area contributed by atoms with Gasteiger partial charge in [0.25, 0.3) is 0 Å². The molecule has 2 aromatic rings. The van der Waals surface area contributed by atoms with Crippen LogP contribution in [0.15, 0.2) is 58.3 Å². The van der Waals surface area contributed by atoms with Crippen LogP contribution in [-0.4, -0.2) is 53.6 Å². The summed E-state index contributed by atoms with van der Waals surface area (Å²) < 4.78 is 26.1. The lowest BCUT2D eigenvalue weighted by atomic mass is 10.2. The Balaban J connectivity index is 2.02. The van der Waals surface area contributed by atoms with Gasteiger partial charge >= 0.3 is 0 Å². The Labute approximate surface area is 143 Å². The van der Waals surface area contributed by atoms with Crippen molar-refractivity contribution in [2.45, 2.75) is 9.79 Å². The normalized spacial score (nSPS) is 16.2. The molecule has 0 atom stereocenters. The lowest BCUT2D eigenvalue weighted by Gasteiger charge is -2.34. The number of hydrogen-bond donors (Lipinski definition) is 1. The van der Waals surface area contributed by atoms with E-state index in [2.05, 4.69) is 22.2 Å². The number of nitrogens with one attached hydrogen (secondary N) is 1. The van der Waals surface area contributed by atoms with Gasteiger partial charge in [-0.15, -0.1) is 0 Å². The van der Waals surface area contributed by atoms with E-state index in [9.17, 15) is 8.42 Å². The van der Waals surface area contributed by atoms with E-state index < -0.39 is 9.84 Å². The van der Waals surface area contributed by atoms with Gasteiger partial charge in [0.15, 0.2) is 0 Å². The average molecular weight is 345 g/mol. The van der Waals surface area contributed by atoms with Crippen LogP contribution in [0.4, 0.5) is 11.4 Å². The molecule has 1 fully saturated rings. The summed E-state index contributed by atoms with van der Waals surface area (Å²) in [6.07, 6.45) is 0. The first-order valence-corrected chi connectivity index (χ1v) is 9.56. The summed E-state index contributed by atoms with van der Waals surface area (Å²) in [6.45, 7) is 3.77. The number of rotatable bonds is 4. The third-order valence-corrected chi connectivity index (χ3v) is 6.26. The standard InChI is InChI=1S/C18H23N3O2S/c1-19-17-9-8-15(21-12-10-20(2)11-13-21)14-18(17)24(22,23)16-6-4-3-5-7-16/h3-9,14,19H,10-13H2,1-2H3. The molecule has 24 heavy (non-hydrogen) atoms. The second-order valence-electron chi connectivity index (χ2n) is 6.04. The molecule has 1 saturated heterocycles. The number of benzene rings is 2. The summed E-state index contributed by atoms with van der Waals surface area (Å²) in [5.74, 6) is 0. The highest BCUT2D eigenvalue weighted by molar-refractivity contribution is 7.91. The quantitative estimate of drug-likeness (QED) is 0.922. The van der Waals surface area contributed by atoms with Gasteiger partial charge in [0.1, 0.15) is 0 Å². The highest BCUT2D eigenvalue weighted by atomic mass is 32.2. The Bertz CT molecular complexity index is 798. The molecule has 1 aliphatic rings. The van der Waals surface area contributed by atoms with Crippen LogP contribution in [0.2, 0.25) is 0 Å². The van der Waals surface area contributed by atoms with Crippen LogP contribution in [0.1, 0.15) is 0 Å². The van der Waals surface area contributed by atoms with E-state index in [0.29, 0.717) is 15.5 Å². The minimum atomic E-state index is -3.55. The fourth-order valence-electron chi connectivity index (χ4n) is 2.93. The molecule has 0 radical (unpaired) electrons. The molecule has 0 unspecified atom stereocenters. The van der Waals surface area contributed by atoms with E-state index in [4.69, 9.17) is 0 Å². The smallest absolute Gasteiger partial charge is 0.208 e. The zero-order valence-electron chi connectivity index (χ0n) is 14.1. The summed E-state index contributed by atoms with van der Waals surface area (Å²) in [4.78, 5) is 5.16. The molecule has 0 saturated carbocycles. The monoisotopic (exact) mass is 345 g/mol. The van der Waals surface area contributed by atoms with E-state index in [1.54, 1.807) is 37.4 Å². The van der Waals surface area contributed by atoms with Crippen molar-refractivity contribution in [2.75, 3.05) is 50.5 Å². The molecule has 3 rings (SSSR count). The van der Waals surface area contributed by atoms with Gasteiger partial charge in [-0.1, -0.05) is 18.2 Å². The van der Waals surface area contributed by atoms with Crippen LogP contribution in [0.5, 0.6) is 0 Å². The lowest BCUT2D eigenvalue weighted by Crippen LogP contribution is -2.44. The lowest BCUT2D eigenvalue weighted by molar-refractivity contribution is 0.313. The largest absolute Gasteiger partial charge is 0.387 e. The summed E-state index contributed by atoms with van der Waals surface area (Å²) in [5.41, 5.74) is 1.58. The maximum atomic E-state index is 13.0. The minimum absolute atomic E-state index is 0.317. The summed E-state index contributed by atoms with van der Waals surface area (Å²) in [5, 5.41) is 3.00. The van der Waals surface area contributed by atoms with Gasteiger partial charge in [0.2, 0.25) is 9.84 Å². The van der Waals surface area contributed by atoms with Crippen LogP contribution in [0.3, 0.4) is 0 Å². The molecular formula is C18H23N3O2S. The maximum Gasteiger partial charge on any atom is 0.208 e. The SMILES string of the molecule is CNc1ccc(N2CCN(C)CC2)cc1S(=O)(=O)c1ccccc1. The molecule has 0 amide bonds. The number of piperazine rings is 1. The Morgan fingerprint density at radius 1 is 0.958 bits per heavy atom. The first kappa shape index (κ1) is 16.8. The van der Waals surface area contributed by atoms with Gasteiger partial charge in [-0.05, 0) is 37.4 Å². The number of anilines is 2. The third kappa shape index (κ3) is 3.25. The van der Waals surface area contributed by atoms with E-state index in [1.807, 2.05) is 18.2 Å². The second-order valence-corrected chi connectivity index (χ2v) is 7.96. The molecule has 1 heterocycles. The summed E-state index contributed by atoms with van der Waals surface area (Å²) in [6, 6.07) is 14.2. The van der Waals surface area contributed by atoms with Crippen LogP contribution in [-0.2, 0) is 9.84 Å². The molecule has 0 aliphatic carbocycles. The van der Waals surface area contributed by atoms with Gasteiger partial charge < -0.3 is 15.1 Å². The molecule has 0 spiro atoms. The van der Waals surface area contributed by atoms with E-state index in [1.165, 1.54) is 0 Å². The van der Waals surface area contributed by atoms with Crippen molar-refractivity contribution in [2.24, 2.45) is 0 Å². The number of nitrogens with zero attached hydrogens (tertiary/aromatic N) is 2. The summed E-state index contributed by atoms with van der Waals surface area (Å²) in [7, 11) is 0.296. The van der Waals surface area contributed by atoms with E-state index in [-0.39, 0.29) is 0 Å². The van der Waals surface area contributed by atoms with Crippen molar-refractivity contribution < 1.29 is 8.42 Å². The zero-order chi connectivity index (χ0) is 17.2. The molecule has 0 bridgehead atoms. The third-order valence-electron chi connectivity index (χ3n) is 4.45. The Kier molecular flexibility index (Phi) is 4.78. The molecule has 6 heteroatoms. The number of likely N-dealkylation sites (N-methyl/N-ethyl adjacent to an activating group) is 1. The number of hydrogen-bond acceptors (Lipinski definition) is 5. The van der Waals surface area contributed by atoms with E-state index >= 15 is 0 Å². The van der Waals surface area contributed by atoms with Crippen molar-refractivity contribution in [3.63, 3.8) is 0 Å². The van der Waals surface area contributed by atoms with Crippen molar-refractivity contribution in [3.05, 3.63) is 48.5 Å². The van der Waals surface area contributed by atoms with Gasteiger partial charge in [-0.3, -0.25) is 0 Å². The van der Waals surface area contributed by atoms with Crippen molar-refractivity contribution in [1.82, 2.24) is 4.90 Å². The van der Waals surface area contributed by atoms with E-state index in [0.717, 1.165) is 31.9 Å². The average Bonchev–Trinajstić information content (AvgIpc) is 2.62. The van der Waals surface area contributed by atoms with Crippen LogP contribution in [0.25, 0.3) is 0 Å². The molecular weight excluding hydrogens is 322 g/mol. The van der Waals surface area contributed by atoms with Gasteiger partial charge in [0.05, 0.1) is 15.5 Å². The van der Waals surface area contributed by atoms with Gasteiger partial charge in [0, 0.05) is 38.9 Å². The second kappa shape index (κ2) is 6.83. The van der Waals surface area contributed by atoms with Crippen molar-refractivity contribution >= 4 is 21.2 Å². The highest BCUT2D eigenvalue weighted by Crippen LogP contribution is 2.31. The Morgan fingerprint density at radius 2 is 1.62 bits per heavy atom. The highest BCUT2D eigenvalue weighted by Gasteiger charge is 2.23. The molecule has 5 nitrogen and oxygen atoms in total. The molecule has 2 aromatic carbocycles. The predicted octanol–water partition coefficient (Wildman–Crippen LogP) is 2.31.